The van der Waals surface area contributed by atoms with E-state index in [0.717, 1.165) is 35.6 Å². The van der Waals surface area contributed by atoms with Gasteiger partial charge >= 0.3 is 0 Å². The van der Waals surface area contributed by atoms with Crippen LogP contribution in [0.5, 0.6) is 0 Å². The maximum absolute atomic E-state index is 7.35. The molecule has 1 unspecified atom stereocenters. The summed E-state index contributed by atoms with van der Waals surface area (Å²) in [6.45, 7) is 5.52. The maximum Gasteiger partial charge on any atom is 0.156 e. The molecule has 0 saturated carbocycles. The molecular formula is C16H24N4O2. The highest BCUT2D eigenvalue weighted by Crippen LogP contribution is 2.30. The van der Waals surface area contributed by atoms with Crippen LogP contribution in [-0.4, -0.2) is 44.5 Å². The van der Waals surface area contributed by atoms with Crippen molar-refractivity contribution in [3.05, 3.63) is 46.7 Å². The van der Waals surface area contributed by atoms with Gasteiger partial charge in [-0.25, -0.2) is 0 Å². The molecule has 120 valence electrons. The summed E-state index contributed by atoms with van der Waals surface area (Å²) in [7, 11) is 3.23. The summed E-state index contributed by atoms with van der Waals surface area (Å²) in [6.07, 6.45) is 4.54. The second-order valence-electron chi connectivity index (χ2n) is 5.42. The van der Waals surface area contributed by atoms with Crippen molar-refractivity contribution < 1.29 is 9.47 Å². The molecule has 0 aromatic carbocycles. The van der Waals surface area contributed by atoms with Gasteiger partial charge in [0.1, 0.15) is 5.76 Å². The van der Waals surface area contributed by atoms with Crippen LogP contribution < -0.4 is 11.5 Å². The molecule has 6 nitrogen and oxygen atoms in total. The summed E-state index contributed by atoms with van der Waals surface area (Å²) in [5.74, 6) is 1.43. The molecule has 0 saturated heterocycles. The number of hydrogen-bond donors (Lipinski definition) is 3. The largest absolute Gasteiger partial charge is 0.497 e. The van der Waals surface area contributed by atoms with Crippen LogP contribution in [0.1, 0.15) is 12.8 Å². The molecule has 0 bridgehead atoms. The van der Waals surface area contributed by atoms with Gasteiger partial charge in [0.25, 0.3) is 0 Å². The van der Waals surface area contributed by atoms with Gasteiger partial charge in [0, 0.05) is 36.6 Å². The molecule has 6 heteroatoms. The summed E-state index contributed by atoms with van der Waals surface area (Å²) < 4.78 is 10.7. The van der Waals surface area contributed by atoms with Crippen molar-refractivity contribution in [3.63, 3.8) is 0 Å². The van der Waals surface area contributed by atoms with Crippen LogP contribution in [0.25, 0.3) is 0 Å². The van der Waals surface area contributed by atoms with E-state index >= 15 is 0 Å². The van der Waals surface area contributed by atoms with E-state index in [1.807, 2.05) is 6.08 Å². The molecule has 5 N–H and O–H groups in total. The van der Waals surface area contributed by atoms with Crippen molar-refractivity contribution in [3.8, 4) is 0 Å². The molecule has 1 atom stereocenters. The van der Waals surface area contributed by atoms with Gasteiger partial charge in [-0.05, 0) is 23.6 Å². The van der Waals surface area contributed by atoms with Gasteiger partial charge in [-0.3, -0.25) is 0 Å². The van der Waals surface area contributed by atoms with Crippen molar-refractivity contribution in [2.24, 2.45) is 11.5 Å². The highest BCUT2D eigenvalue weighted by molar-refractivity contribution is 5.77. The molecule has 2 rings (SSSR count). The second kappa shape index (κ2) is 6.70. The van der Waals surface area contributed by atoms with Gasteiger partial charge in [0.05, 0.1) is 20.8 Å². The van der Waals surface area contributed by atoms with Crippen molar-refractivity contribution in [2.45, 2.75) is 18.9 Å². The van der Waals surface area contributed by atoms with E-state index < -0.39 is 0 Å². The Morgan fingerprint density at radius 1 is 1.45 bits per heavy atom. The van der Waals surface area contributed by atoms with Crippen molar-refractivity contribution >= 4 is 6.21 Å². The Balaban J connectivity index is 2.23. The highest BCUT2D eigenvalue weighted by atomic mass is 16.5. The van der Waals surface area contributed by atoms with Crippen LogP contribution in [0.4, 0.5) is 0 Å². The summed E-state index contributed by atoms with van der Waals surface area (Å²) in [5.41, 5.74) is 15.7. The minimum Gasteiger partial charge on any atom is -0.497 e. The third-order valence-corrected chi connectivity index (χ3v) is 4.15. The normalized spacial score (nSPS) is 22.4. The summed E-state index contributed by atoms with van der Waals surface area (Å²) >= 11 is 0. The number of hydrogen-bond acceptors (Lipinski definition) is 6. The number of allylic oxidation sites excluding steroid dienone is 1. The smallest absolute Gasteiger partial charge is 0.156 e. The molecular weight excluding hydrogens is 280 g/mol. The van der Waals surface area contributed by atoms with Crippen LogP contribution in [-0.2, 0) is 9.47 Å². The van der Waals surface area contributed by atoms with Crippen molar-refractivity contribution in [1.29, 1.82) is 5.41 Å². The van der Waals surface area contributed by atoms with Crippen LogP contribution in [0, 0.1) is 5.41 Å². The topological polar surface area (TPSA) is 97.6 Å². The van der Waals surface area contributed by atoms with Crippen LogP contribution in [0.3, 0.4) is 0 Å². The quantitative estimate of drug-likeness (QED) is 0.664. The number of nitrogens with one attached hydrogen (secondary N) is 1. The van der Waals surface area contributed by atoms with E-state index in [2.05, 4.69) is 11.5 Å². The molecule has 0 fully saturated rings. The minimum absolute atomic E-state index is 0.185. The fourth-order valence-electron chi connectivity index (χ4n) is 2.77. The lowest BCUT2D eigenvalue weighted by molar-refractivity contribution is 0.213. The number of nitrogens with zero attached hydrogens (tertiary/aromatic N) is 1. The predicted octanol–water partition coefficient (Wildman–Crippen LogP) is 1.23. The third kappa shape index (κ3) is 3.01. The third-order valence-electron chi connectivity index (χ3n) is 4.15. The SMILES string of the molecule is C=C(C1=CC(OC)=C(OC)CC1N)N1CCC(C=N)=C(N)C1. The van der Waals surface area contributed by atoms with Gasteiger partial charge in [-0.2, -0.15) is 0 Å². The Morgan fingerprint density at radius 2 is 2.18 bits per heavy atom. The fourth-order valence-corrected chi connectivity index (χ4v) is 2.77. The first kappa shape index (κ1) is 16.2. The molecule has 1 heterocycles. The molecule has 0 amide bonds. The average Bonchev–Trinajstić information content (AvgIpc) is 2.53. The first-order chi connectivity index (χ1) is 10.5. The molecule has 1 aliphatic heterocycles. The van der Waals surface area contributed by atoms with Gasteiger partial charge < -0.3 is 31.3 Å². The zero-order chi connectivity index (χ0) is 16.3. The molecule has 1 aliphatic carbocycles. The fraction of sp³-hybridized carbons (Fsp3) is 0.438. The lowest BCUT2D eigenvalue weighted by Gasteiger charge is -2.35. The first-order valence-corrected chi connectivity index (χ1v) is 7.22. The van der Waals surface area contributed by atoms with Crippen LogP contribution >= 0.6 is 0 Å². The lowest BCUT2D eigenvalue weighted by Crippen LogP contribution is -2.38. The van der Waals surface area contributed by atoms with Crippen molar-refractivity contribution in [1.82, 2.24) is 4.90 Å². The van der Waals surface area contributed by atoms with E-state index in [-0.39, 0.29) is 6.04 Å². The van der Waals surface area contributed by atoms with Gasteiger partial charge in [-0.1, -0.05) is 6.58 Å². The lowest BCUT2D eigenvalue weighted by atomic mass is 9.93. The zero-order valence-electron chi connectivity index (χ0n) is 13.2. The Hall–Kier alpha value is -2.21. The molecule has 0 aromatic heterocycles. The maximum atomic E-state index is 7.35. The standard InChI is InChI=1S/C16H24N4O2/c1-10(20-5-4-11(8-17)14(19)9-20)12-6-15(21-2)16(22-3)7-13(12)18/h6,8,13,17H,1,4-5,7,9,18-19H2,2-3H3. The van der Waals surface area contributed by atoms with Gasteiger partial charge in [0.2, 0.25) is 0 Å². The Morgan fingerprint density at radius 3 is 2.73 bits per heavy atom. The van der Waals surface area contributed by atoms with Crippen LogP contribution in [0.15, 0.2) is 46.7 Å². The molecule has 0 aromatic rings. The van der Waals surface area contributed by atoms with E-state index in [4.69, 9.17) is 26.4 Å². The van der Waals surface area contributed by atoms with E-state index in [1.165, 1.54) is 6.21 Å². The number of nitrogens with two attached hydrogens (primary N) is 2. The predicted molar refractivity (Wildman–Crippen MR) is 87.0 cm³/mol. The monoisotopic (exact) mass is 304 g/mol. The summed E-state index contributed by atoms with van der Waals surface area (Å²) in [5, 5.41) is 7.35. The average molecular weight is 304 g/mol. The Kier molecular flexibility index (Phi) is 4.92. The second-order valence-corrected chi connectivity index (χ2v) is 5.42. The van der Waals surface area contributed by atoms with E-state index in [9.17, 15) is 0 Å². The Labute approximate surface area is 131 Å². The van der Waals surface area contributed by atoms with E-state index in [0.29, 0.717) is 24.4 Å². The summed E-state index contributed by atoms with van der Waals surface area (Å²) in [4.78, 5) is 2.10. The first-order valence-electron chi connectivity index (χ1n) is 7.22. The Bertz CT molecular complexity index is 575. The van der Waals surface area contributed by atoms with Gasteiger partial charge in [-0.15, -0.1) is 0 Å². The highest BCUT2D eigenvalue weighted by Gasteiger charge is 2.27. The molecule has 0 spiro atoms. The van der Waals surface area contributed by atoms with Gasteiger partial charge in [0.15, 0.2) is 5.76 Å². The molecule has 22 heavy (non-hydrogen) atoms. The number of rotatable bonds is 5. The molecule has 0 radical (unpaired) electrons. The van der Waals surface area contributed by atoms with Crippen molar-refractivity contribution in [2.75, 3.05) is 27.3 Å². The summed E-state index contributed by atoms with van der Waals surface area (Å²) in [6, 6.07) is -0.185. The zero-order valence-corrected chi connectivity index (χ0v) is 13.2. The number of methoxy groups -OCH3 is 2. The van der Waals surface area contributed by atoms with Crippen LogP contribution in [0.2, 0.25) is 0 Å². The van der Waals surface area contributed by atoms with E-state index in [1.54, 1.807) is 14.2 Å². The minimum atomic E-state index is -0.185. The number of ether oxygens (including phenoxy) is 2. The molecule has 2 aliphatic rings.